The minimum absolute atomic E-state index is 0.643. The zero-order chi connectivity index (χ0) is 17.2. The van der Waals surface area contributed by atoms with E-state index in [2.05, 4.69) is 20.9 Å². The predicted molar refractivity (Wildman–Crippen MR) is 99.0 cm³/mol. The third kappa shape index (κ3) is 3.07. The Morgan fingerprint density at radius 2 is 1.33 bits per heavy atom. The van der Waals surface area contributed by atoms with Gasteiger partial charge in [0.05, 0.1) is 0 Å². The molecule has 0 spiro atoms. The number of hydrogen-bond acceptors (Lipinski definition) is 3. The van der Waals surface area contributed by atoms with Crippen LogP contribution in [0.25, 0.3) is 0 Å². The second-order valence-electron chi connectivity index (χ2n) is 5.54. The summed E-state index contributed by atoms with van der Waals surface area (Å²) >= 11 is 9.35. The normalized spacial score (nSPS) is 25.8. The quantitative estimate of drug-likeness (QED) is 0.528. The molecule has 1 aromatic carbocycles. The molecule has 0 N–H and O–H groups in total. The Morgan fingerprint density at radius 1 is 0.833 bits per heavy atom. The van der Waals surface area contributed by atoms with E-state index in [0.717, 1.165) is 15.7 Å². The third-order valence-electron chi connectivity index (χ3n) is 4.31. The highest BCUT2D eigenvalue weighted by Gasteiger charge is 2.36. The first-order valence-corrected chi connectivity index (χ1v) is 8.60. The van der Waals surface area contributed by atoms with Crippen molar-refractivity contribution in [2.75, 3.05) is 14.2 Å². The van der Waals surface area contributed by atoms with Gasteiger partial charge < -0.3 is 9.47 Å². The summed E-state index contributed by atoms with van der Waals surface area (Å²) in [7, 11) is 3.36. The van der Waals surface area contributed by atoms with E-state index in [1.807, 2.05) is 60.7 Å². The topological polar surface area (TPSA) is 31.4 Å². The molecular weight excluding hydrogens is 390 g/mol. The lowest BCUT2D eigenvalue weighted by molar-refractivity contribution is 0.0420. The molecule has 1 aromatic heterocycles. The van der Waals surface area contributed by atoms with Crippen LogP contribution in [0.1, 0.15) is 11.1 Å². The van der Waals surface area contributed by atoms with Gasteiger partial charge in [0.15, 0.2) is 0 Å². The number of pyridine rings is 1. The van der Waals surface area contributed by atoms with Gasteiger partial charge in [0.2, 0.25) is 0 Å². The van der Waals surface area contributed by atoms with Crippen molar-refractivity contribution >= 4 is 27.5 Å². The van der Waals surface area contributed by atoms with Gasteiger partial charge >= 0.3 is 0 Å². The summed E-state index contributed by atoms with van der Waals surface area (Å²) in [5.41, 5.74) is 0.638. The molecule has 3 nitrogen and oxygen atoms in total. The van der Waals surface area contributed by atoms with Crippen LogP contribution >= 0.6 is 27.5 Å². The molecule has 2 aromatic rings. The molecule has 5 heteroatoms. The Labute approximate surface area is 155 Å². The molecule has 0 amide bonds. The molecule has 0 aliphatic heterocycles. The summed E-state index contributed by atoms with van der Waals surface area (Å²) in [6, 6.07) is 11.5. The molecule has 24 heavy (non-hydrogen) atoms. The molecular formula is C19H17BrClNO2. The summed E-state index contributed by atoms with van der Waals surface area (Å²) < 4.78 is 12.4. The van der Waals surface area contributed by atoms with Crippen molar-refractivity contribution in [2.24, 2.45) is 0 Å². The van der Waals surface area contributed by atoms with Gasteiger partial charge in [-0.2, -0.15) is 0 Å². The highest BCUT2D eigenvalue weighted by molar-refractivity contribution is 9.10. The van der Waals surface area contributed by atoms with E-state index in [1.165, 1.54) is 0 Å². The Balaban J connectivity index is 2.00. The molecule has 124 valence electrons. The largest absolute Gasteiger partial charge is 0.365 e. The van der Waals surface area contributed by atoms with Crippen LogP contribution < -0.4 is 0 Å². The second kappa shape index (κ2) is 6.81. The van der Waals surface area contributed by atoms with Gasteiger partial charge in [-0.15, -0.1) is 0 Å². The van der Waals surface area contributed by atoms with E-state index < -0.39 is 11.2 Å². The fourth-order valence-electron chi connectivity index (χ4n) is 2.82. The van der Waals surface area contributed by atoms with Crippen LogP contribution in [0.2, 0.25) is 5.02 Å². The first-order valence-electron chi connectivity index (χ1n) is 7.43. The number of ether oxygens (including phenoxy) is 2. The predicted octanol–water partition coefficient (Wildman–Crippen LogP) is 5.01. The van der Waals surface area contributed by atoms with Gasteiger partial charge in [-0.05, 0) is 64.0 Å². The van der Waals surface area contributed by atoms with E-state index in [4.69, 9.17) is 21.1 Å². The zero-order valence-corrected chi connectivity index (χ0v) is 15.7. The minimum Gasteiger partial charge on any atom is -0.365 e. The van der Waals surface area contributed by atoms with Crippen LogP contribution in [0.3, 0.4) is 0 Å². The maximum Gasteiger partial charge on any atom is 0.131 e. The molecule has 1 aliphatic rings. The van der Waals surface area contributed by atoms with Crippen LogP contribution in [0.4, 0.5) is 0 Å². The highest BCUT2D eigenvalue weighted by atomic mass is 79.9. The van der Waals surface area contributed by atoms with E-state index in [0.29, 0.717) is 5.02 Å². The Kier molecular flexibility index (Phi) is 4.92. The van der Waals surface area contributed by atoms with Gasteiger partial charge in [0, 0.05) is 31.0 Å². The SMILES string of the molecule is CO[C@]1(c2ccc(Cl)cc2)C=C[C@@](OC)(c2ccc(Br)nc2)C=C1. The van der Waals surface area contributed by atoms with Crippen molar-refractivity contribution in [1.82, 2.24) is 4.98 Å². The van der Waals surface area contributed by atoms with Crippen molar-refractivity contribution < 1.29 is 9.47 Å². The number of rotatable bonds is 4. The van der Waals surface area contributed by atoms with Crippen molar-refractivity contribution in [2.45, 2.75) is 11.2 Å². The molecule has 0 unspecified atom stereocenters. The average Bonchev–Trinajstić information content (AvgIpc) is 2.63. The lowest BCUT2D eigenvalue weighted by atomic mass is 9.82. The summed E-state index contributed by atoms with van der Waals surface area (Å²) in [5, 5.41) is 0.695. The van der Waals surface area contributed by atoms with Crippen LogP contribution in [-0.2, 0) is 20.7 Å². The van der Waals surface area contributed by atoms with Gasteiger partial charge in [-0.25, -0.2) is 4.98 Å². The van der Waals surface area contributed by atoms with Crippen molar-refractivity contribution in [1.29, 1.82) is 0 Å². The Morgan fingerprint density at radius 3 is 1.79 bits per heavy atom. The van der Waals surface area contributed by atoms with Crippen LogP contribution in [0.15, 0.2) is 71.5 Å². The van der Waals surface area contributed by atoms with E-state index in [9.17, 15) is 0 Å². The standard InChI is InChI=1S/C19H17BrClNO2/c1-23-18(14-3-6-16(21)7-4-14)9-11-19(24-2,12-10-18)15-5-8-17(20)22-13-15/h3-13H,1-2H3/t18-,19+. The lowest BCUT2D eigenvalue weighted by Crippen LogP contribution is -2.33. The number of halogens is 2. The molecule has 0 atom stereocenters. The lowest BCUT2D eigenvalue weighted by Gasteiger charge is -2.35. The van der Waals surface area contributed by atoms with Crippen LogP contribution in [0.5, 0.6) is 0 Å². The first-order chi connectivity index (χ1) is 11.5. The number of aromatic nitrogens is 1. The molecule has 1 heterocycles. The smallest absolute Gasteiger partial charge is 0.131 e. The van der Waals surface area contributed by atoms with E-state index >= 15 is 0 Å². The van der Waals surface area contributed by atoms with Crippen molar-refractivity contribution in [3.63, 3.8) is 0 Å². The second-order valence-corrected chi connectivity index (χ2v) is 6.79. The maximum absolute atomic E-state index is 5.99. The summed E-state index contributed by atoms with van der Waals surface area (Å²) in [5.74, 6) is 0. The van der Waals surface area contributed by atoms with Crippen molar-refractivity contribution in [3.8, 4) is 0 Å². The van der Waals surface area contributed by atoms with E-state index in [1.54, 1.807) is 20.4 Å². The Bertz CT molecular complexity index is 689. The van der Waals surface area contributed by atoms with Gasteiger partial charge in [-0.1, -0.05) is 29.8 Å². The molecule has 0 bridgehead atoms. The maximum atomic E-state index is 5.99. The van der Waals surface area contributed by atoms with Crippen LogP contribution in [-0.4, -0.2) is 19.2 Å². The minimum atomic E-state index is -0.665. The first kappa shape index (κ1) is 17.4. The molecule has 1 aliphatic carbocycles. The monoisotopic (exact) mass is 405 g/mol. The molecule has 3 rings (SSSR count). The van der Waals surface area contributed by atoms with Gasteiger partial charge in [0.25, 0.3) is 0 Å². The van der Waals surface area contributed by atoms with Crippen molar-refractivity contribution in [3.05, 3.63) is 87.7 Å². The molecule has 0 saturated carbocycles. The van der Waals surface area contributed by atoms with Gasteiger partial charge in [-0.3, -0.25) is 0 Å². The van der Waals surface area contributed by atoms with Crippen LogP contribution in [0, 0.1) is 0 Å². The van der Waals surface area contributed by atoms with Gasteiger partial charge in [0.1, 0.15) is 15.8 Å². The fraction of sp³-hybridized carbons (Fsp3) is 0.211. The highest BCUT2D eigenvalue weighted by Crippen LogP contribution is 2.39. The zero-order valence-electron chi connectivity index (χ0n) is 13.4. The summed E-state index contributed by atoms with van der Waals surface area (Å²) in [4.78, 5) is 4.29. The van der Waals surface area contributed by atoms with E-state index in [-0.39, 0.29) is 0 Å². The fourth-order valence-corrected chi connectivity index (χ4v) is 3.18. The number of benzene rings is 1. The summed E-state index contributed by atoms with van der Waals surface area (Å²) in [6.07, 6.45) is 9.79. The number of methoxy groups -OCH3 is 2. The molecule has 0 fully saturated rings. The number of hydrogen-bond donors (Lipinski definition) is 0. The average molecular weight is 407 g/mol. The third-order valence-corrected chi connectivity index (χ3v) is 5.03. The molecule has 0 radical (unpaired) electrons. The number of nitrogens with zero attached hydrogens (tertiary/aromatic N) is 1. The summed E-state index contributed by atoms with van der Waals surface area (Å²) in [6.45, 7) is 0. The Hall–Kier alpha value is -1.46. The molecule has 0 saturated heterocycles.